The van der Waals surface area contributed by atoms with Crippen molar-refractivity contribution in [3.05, 3.63) is 53.7 Å². The fourth-order valence-corrected chi connectivity index (χ4v) is 2.06. The zero-order valence-corrected chi connectivity index (χ0v) is 12.2. The Morgan fingerprint density at radius 2 is 2.00 bits per heavy atom. The number of aryl methyl sites for hydroxylation is 1. The molecule has 0 saturated carbocycles. The number of benzene rings is 1. The molecule has 0 bridgehead atoms. The van der Waals surface area contributed by atoms with Crippen LogP contribution in [0.5, 0.6) is 5.75 Å². The second kappa shape index (κ2) is 7.53. The molecule has 0 aliphatic rings. The standard InChI is InChI=1S/C17H22N2O/c1-3-13-20-16-9-6-11-18-17(16)19-12-10-15-8-5-4-7-14(15)2/h4-9,11H,3,10,12-13H2,1-2H3,(H,18,19). The van der Waals surface area contributed by atoms with Gasteiger partial charge in [-0.3, -0.25) is 0 Å². The van der Waals surface area contributed by atoms with Crippen molar-refractivity contribution in [3.8, 4) is 5.75 Å². The van der Waals surface area contributed by atoms with Gasteiger partial charge in [-0.05, 0) is 43.0 Å². The summed E-state index contributed by atoms with van der Waals surface area (Å²) in [6.45, 7) is 5.82. The van der Waals surface area contributed by atoms with E-state index in [1.54, 1.807) is 6.20 Å². The van der Waals surface area contributed by atoms with Gasteiger partial charge in [-0.25, -0.2) is 4.98 Å². The molecule has 0 unspecified atom stereocenters. The summed E-state index contributed by atoms with van der Waals surface area (Å²) in [4.78, 5) is 4.35. The highest BCUT2D eigenvalue weighted by atomic mass is 16.5. The number of hydrogen-bond donors (Lipinski definition) is 1. The highest BCUT2D eigenvalue weighted by Crippen LogP contribution is 2.21. The predicted octanol–water partition coefficient (Wildman–Crippen LogP) is 3.83. The Balaban J connectivity index is 1.92. The predicted molar refractivity (Wildman–Crippen MR) is 83.4 cm³/mol. The van der Waals surface area contributed by atoms with Crippen LogP contribution in [0.4, 0.5) is 5.82 Å². The molecular formula is C17H22N2O. The smallest absolute Gasteiger partial charge is 0.168 e. The molecule has 1 aromatic carbocycles. The molecule has 0 aliphatic carbocycles. The van der Waals surface area contributed by atoms with E-state index in [4.69, 9.17) is 4.74 Å². The van der Waals surface area contributed by atoms with E-state index in [0.717, 1.165) is 37.6 Å². The van der Waals surface area contributed by atoms with Gasteiger partial charge in [-0.1, -0.05) is 31.2 Å². The Kier molecular flexibility index (Phi) is 5.42. The summed E-state index contributed by atoms with van der Waals surface area (Å²) < 4.78 is 5.69. The van der Waals surface area contributed by atoms with Gasteiger partial charge in [-0.2, -0.15) is 0 Å². The molecule has 1 heterocycles. The maximum atomic E-state index is 5.69. The minimum absolute atomic E-state index is 0.720. The van der Waals surface area contributed by atoms with Crippen molar-refractivity contribution in [2.45, 2.75) is 26.7 Å². The zero-order valence-electron chi connectivity index (χ0n) is 12.2. The Hall–Kier alpha value is -2.03. The van der Waals surface area contributed by atoms with E-state index in [1.165, 1.54) is 11.1 Å². The van der Waals surface area contributed by atoms with E-state index in [1.807, 2.05) is 12.1 Å². The van der Waals surface area contributed by atoms with Gasteiger partial charge >= 0.3 is 0 Å². The minimum atomic E-state index is 0.720. The first-order valence-corrected chi connectivity index (χ1v) is 7.17. The molecule has 0 aliphatic heterocycles. The van der Waals surface area contributed by atoms with Crippen LogP contribution >= 0.6 is 0 Å². The summed E-state index contributed by atoms with van der Waals surface area (Å²) in [5, 5.41) is 3.36. The Labute approximate surface area is 121 Å². The first-order valence-electron chi connectivity index (χ1n) is 7.17. The summed E-state index contributed by atoms with van der Waals surface area (Å²) in [6, 6.07) is 12.3. The van der Waals surface area contributed by atoms with Crippen LogP contribution in [-0.2, 0) is 6.42 Å². The maximum Gasteiger partial charge on any atom is 0.168 e. The number of hydrogen-bond acceptors (Lipinski definition) is 3. The van der Waals surface area contributed by atoms with E-state index in [2.05, 4.69) is 48.4 Å². The van der Waals surface area contributed by atoms with Crippen LogP contribution in [0.2, 0.25) is 0 Å². The summed E-state index contributed by atoms with van der Waals surface area (Å²) in [5.74, 6) is 1.66. The van der Waals surface area contributed by atoms with E-state index >= 15 is 0 Å². The topological polar surface area (TPSA) is 34.1 Å². The third kappa shape index (κ3) is 3.98. The summed E-state index contributed by atoms with van der Waals surface area (Å²) in [5.41, 5.74) is 2.70. The van der Waals surface area contributed by atoms with Gasteiger partial charge in [0.2, 0.25) is 0 Å². The number of ether oxygens (including phenoxy) is 1. The van der Waals surface area contributed by atoms with Gasteiger partial charge in [-0.15, -0.1) is 0 Å². The third-order valence-corrected chi connectivity index (χ3v) is 3.18. The number of nitrogens with one attached hydrogen (secondary N) is 1. The van der Waals surface area contributed by atoms with Gasteiger partial charge in [0, 0.05) is 12.7 Å². The van der Waals surface area contributed by atoms with Crippen LogP contribution < -0.4 is 10.1 Å². The first-order chi connectivity index (χ1) is 9.81. The lowest BCUT2D eigenvalue weighted by atomic mass is 10.1. The summed E-state index contributed by atoms with van der Waals surface area (Å²) in [6.07, 6.45) is 3.77. The van der Waals surface area contributed by atoms with E-state index in [9.17, 15) is 0 Å². The number of anilines is 1. The second-order valence-corrected chi connectivity index (χ2v) is 4.80. The Bertz CT molecular complexity index is 540. The third-order valence-electron chi connectivity index (χ3n) is 3.18. The monoisotopic (exact) mass is 270 g/mol. The average Bonchev–Trinajstić information content (AvgIpc) is 2.48. The largest absolute Gasteiger partial charge is 0.490 e. The van der Waals surface area contributed by atoms with E-state index in [0.29, 0.717) is 0 Å². The first kappa shape index (κ1) is 14.4. The lowest BCUT2D eigenvalue weighted by Crippen LogP contribution is -2.09. The highest BCUT2D eigenvalue weighted by Gasteiger charge is 2.04. The molecule has 3 heteroatoms. The van der Waals surface area contributed by atoms with Crippen molar-refractivity contribution in [1.29, 1.82) is 0 Å². The van der Waals surface area contributed by atoms with Crippen molar-refractivity contribution < 1.29 is 4.74 Å². The highest BCUT2D eigenvalue weighted by molar-refractivity contribution is 5.49. The molecule has 2 rings (SSSR count). The Morgan fingerprint density at radius 1 is 1.15 bits per heavy atom. The molecule has 2 aromatic rings. The maximum absolute atomic E-state index is 5.69. The van der Waals surface area contributed by atoms with Crippen LogP contribution in [0.3, 0.4) is 0 Å². The number of nitrogens with zero attached hydrogens (tertiary/aromatic N) is 1. The normalized spacial score (nSPS) is 10.3. The quantitative estimate of drug-likeness (QED) is 0.830. The van der Waals surface area contributed by atoms with Gasteiger partial charge < -0.3 is 10.1 Å². The fraction of sp³-hybridized carbons (Fsp3) is 0.353. The summed E-state index contributed by atoms with van der Waals surface area (Å²) >= 11 is 0. The van der Waals surface area contributed by atoms with E-state index < -0.39 is 0 Å². The van der Waals surface area contributed by atoms with Crippen molar-refractivity contribution in [1.82, 2.24) is 4.98 Å². The molecule has 1 aromatic heterocycles. The molecule has 1 N–H and O–H groups in total. The number of aromatic nitrogens is 1. The average molecular weight is 270 g/mol. The lowest BCUT2D eigenvalue weighted by molar-refractivity contribution is 0.318. The number of rotatable bonds is 7. The van der Waals surface area contributed by atoms with Gasteiger partial charge in [0.05, 0.1) is 6.61 Å². The molecule has 3 nitrogen and oxygen atoms in total. The molecule has 0 saturated heterocycles. The van der Waals surface area contributed by atoms with E-state index in [-0.39, 0.29) is 0 Å². The molecule has 0 atom stereocenters. The Morgan fingerprint density at radius 3 is 2.80 bits per heavy atom. The van der Waals surface area contributed by atoms with Gasteiger partial charge in [0.1, 0.15) is 0 Å². The SMILES string of the molecule is CCCOc1cccnc1NCCc1ccccc1C. The van der Waals surface area contributed by atoms with Crippen LogP contribution in [0, 0.1) is 6.92 Å². The fourth-order valence-electron chi connectivity index (χ4n) is 2.06. The molecule has 106 valence electrons. The van der Waals surface area contributed by atoms with Crippen molar-refractivity contribution in [2.24, 2.45) is 0 Å². The second-order valence-electron chi connectivity index (χ2n) is 4.80. The van der Waals surface area contributed by atoms with Crippen LogP contribution in [0.25, 0.3) is 0 Å². The molecule has 0 fully saturated rings. The lowest BCUT2D eigenvalue weighted by Gasteiger charge is -2.12. The number of pyridine rings is 1. The van der Waals surface area contributed by atoms with Crippen LogP contribution in [0.15, 0.2) is 42.6 Å². The molecule has 0 radical (unpaired) electrons. The van der Waals surface area contributed by atoms with Crippen LogP contribution in [-0.4, -0.2) is 18.1 Å². The molecule has 0 spiro atoms. The van der Waals surface area contributed by atoms with Crippen molar-refractivity contribution >= 4 is 5.82 Å². The van der Waals surface area contributed by atoms with Gasteiger partial charge in [0.15, 0.2) is 11.6 Å². The summed E-state index contributed by atoms with van der Waals surface area (Å²) in [7, 11) is 0. The zero-order chi connectivity index (χ0) is 14.2. The minimum Gasteiger partial charge on any atom is -0.490 e. The molecule has 0 amide bonds. The van der Waals surface area contributed by atoms with Crippen LogP contribution in [0.1, 0.15) is 24.5 Å². The van der Waals surface area contributed by atoms with Gasteiger partial charge in [0.25, 0.3) is 0 Å². The van der Waals surface area contributed by atoms with Crippen molar-refractivity contribution in [2.75, 3.05) is 18.5 Å². The molecule has 20 heavy (non-hydrogen) atoms. The van der Waals surface area contributed by atoms with Crippen molar-refractivity contribution in [3.63, 3.8) is 0 Å². The molecular weight excluding hydrogens is 248 g/mol.